The smallest absolute Gasteiger partial charge is 0.270 e. The Bertz CT molecular complexity index is 758. The first-order valence-corrected chi connectivity index (χ1v) is 7.67. The number of benzene rings is 1. The van der Waals surface area contributed by atoms with Crippen LogP contribution >= 0.6 is 11.6 Å². The molecule has 21 heavy (non-hydrogen) atoms. The molecule has 1 heterocycles. The summed E-state index contributed by atoms with van der Waals surface area (Å²) in [6, 6.07) is 5.83. The molecule has 1 N–H and O–H groups in total. The number of hydrogen-bond acceptors (Lipinski definition) is 5. The number of nitro groups is 1. The highest BCUT2D eigenvalue weighted by atomic mass is 35.5. The number of nitrogens with one attached hydrogen (secondary N) is 1. The van der Waals surface area contributed by atoms with E-state index >= 15 is 0 Å². The van der Waals surface area contributed by atoms with E-state index in [0.29, 0.717) is 5.76 Å². The fraction of sp³-hybridized carbons (Fsp3) is 0.167. The molecule has 0 spiro atoms. The third kappa shape index (κ3) is 3.41. The Labute approximate surface area is 125 Å². The topological polar surface area (TPSA) is 102 Å². The molecule has 0 aliphatic rings. The molecule has 0 bridgehead atoms. The quantitative estimate of drug-likeness (QED) is 0.670. The molecule has 0 fully saturated rings. The molecule has 1 atom stereocenters. The molecular formula is C12H11ClN2O5S. The van der Waals surface area contributed by atoms with Gasteiger partial charge in [-0.2, -0.15) is 0 Å². The lowest BCUT2D eigenvalue weighted by Gasteiger charge is -2.12. The Balaban J connectivity index is 2.35. The van der Waals surface area contributed by atoms with Crippen LogP contribution in [0.4, 0.5) is 5.69 Å². The fourth-order valence-electron chi connectivity index (χ4n) is 1.70. The van der Waals surface area contributed by atoms with Gasteiger partial charge in [0.1, 0.15) is 10.7 Å². The maximum absolute atomic E-state index is 12.3. The Morgan fingerprint density at radius 3 is 2.67 bits per heavy atom. The van der Waals surface area contributed by atoms with Gasteiger partial charge in [-0.25, -0.2) is 13.1 Å². The average molecular weight is 331 g/mol. The van der Waals surface area contributed by atoms with E-state index in [-0.39, 0.29) is 15.6 Å². The van der Waals surface area contributed by atoms with Crippen LogP contribution in [0, 0.1) is 10.1 Å². The third-order valence-corrected chi connectivity index (χ3v) is 4.74. The predicted octanol–water partition coefficient (Wildman–Crippen LogP) is 2.88. The van der Waals surface area contributed by atoms with E-state index in [4.69, 9.17) is 16.0 Å². The zero-order valence-electron chi connectivity index (χ0n) is 10.8. The van der Waals surface area contributed by atoms with Crippen LogP contribution in [0.25, 0.3) is 0 Å². The van der Waals surface area contributed by atoms with E-state index in [0.717, 1.165) is 12.1 Å². The first-order chi connectivity index (χ1) is 9.81. The Hall–Kier alpha value is -1.90. The van der Waals surface area contributed by atoms with Gasteiger partial charge in [0.05, 0.1) is 22.3 Å². The minimum atomic E-state index is -4.02. The monoisotopic (exact) mass is 330 g/mol. The molecular weight excluding hydrogens is 320 g/mol. The van der Waals surface area contributed by atoms with Gasteiger partial charge in [-0.3, -0.25) is 10.1 Å². The molecule has 0 aliphatic heterocycles. The average Bonchev–Trinajstić information content (AvgIpc) is 2.92. The Kier molecular flexibility index (Phi) is 4.31. The van der Waals surface area contributed by atoms with E-state index in [9.17, 15) is 18.5 Å². The van der Waals surface area contributed by atoms with E-state index in [2.05, 4.69) is 4.72 Å². The standard InChI is InChI=1S/C12H11ClN2O5S/c1-8(11-3-2-6-20-11)14-21(18,19)12-7-9(15(16)17)4-5-10(12)13/h2-8,14H,1H3. The minimum Gasteiger partial charge on any atom is -0.468 e. The lowest BCUT2D eigenvalue weighted by atomic mass is 10.3. The van der Waals surface area contributed by atoms with Crippen LogP contribution in [0.15, 0.2) is 45.9 Å². The van der Waals surface area contributed by atoms with E-state index in [1.54, 1.807) is 19.1 Å². The highest BCUT2D eigenvalue weighted by molar-refractivity contribution is 7.89. The normalized spacial score (nSPS) is 13.0. The number of nitro benzene ring substituents is 1. The fourth-order valence-corrected chi connectivity index (χ4v) is 3.43. The summed E-state index contributed by atoms with van der Waals surface area (Å²) >= 11 is 5.83. The molecule has 2 aromatic rings. The van der Waals surface area contributed by atoms with Crippen LogP contribution in [0.5, 0.6) is 0 Å². The zero-order chi connectivity index (χ0) is 15.6. The number of furan rings is 1. The van der Waals surface area contributed by atoms with Gasteiger partial charge >= 0.3 is 0 Å². The number of rotatable bonds is 5. The number of sulfonamides is 1. The summed E-state index contributed by atoms with van der Waals surface area (Å²) in [5, 5.41) is 10.6. The van der Waals surface area contributed by atoms with Crippen LogP contribution in [0.1, 0.15) is 18.7 Å². The second-order valence-electron chi connectivity index (χ2n) is 4.23. The van der Waals surface area contributed by atoms with Crippen molar-refractivity contribution >= 4 is 27.3 Å². The summed E-state index contributed by atoms with van der Waals surface area (Å²) in [5.74, 6) is 0.417. The molecule has 0 saturated carbocycles. The van der Waals surface area contributed by atoms with Crippen molar-refractivity contribution in [1.29, 1.82) is 0 Å². The first kappa shape index (κ1) is 15.5. The largest absolute Gasteiger partial charge is 0.468 e. The molecule has 7 nitrogen and oxygen atoms in total. The molecule has 0 saturated heterocycles. The van der Waals surface area contributed by atoms with Crippen molar-refractivity contribution in [3.8, 4) is 0 Å². The number of non-ortho nitro benzene ring substituents is 1. The van der Waals surface area contributed by atoms with Crippen LogP contribution in [-0.4, -0.2) is 13.3 Å². The van der Waals surface area contributed by atoms with Crippen molar-refractivity contribution in [2.75, 3.05) is 0 Å². The molecule has 1 aromatic carbocycles. The number of halogens is 1. The molecule has 1 unspecified atom stereocenters. The molecule has 0 amide bonds. The van der Waals surface area contributed by atoms with Crippen LogP contribution in [-0.2, 0) is 10.0 Å². The summed E-state index contributed by atoms with van der Waals surface area (Å²) in [6.45, 7) is 1.58. The van der Waals surface area contributed by atoms with E-state index in [1.165, 1.54) is 12.3 Å². The zero-order valence-corrected chi connectivity index (χ0v) is 12.4. The Morgan fingerprint density at radius 2 is 2.10 bits per heavy atom. The van der Waals surface area contributed by atoms with Gasteiger partial charge in [-0.05, 0) is 25.1 Å². The molecule has 2 rings (SSSR count). The van der Waals surface area contributed by atoms with E-state index in [1.807, 2.05) is 0 Å². The van der Waals surface area contributed by atoms with Gasteiger partial charge in [0.25, 0.3) is 5.69 Å². The highest BCUT2D eigenvalue weighted by Gasteiger charge is 2.24. The van der Waals surface area contributed by atoms with Gasteiger partial charge in [-0.15, -0.1) is 0 Å². The van der Waals surface area contributed by atoms with Crippen molar-refractivity contribution in [3.05, 3.63) is 57.5 Å². The van der Waals surface area contributed by atoms with Crippen LogP contribution < -0.4 is 4.72 Å². The minimum absolute atomic E-state index is 0.0975. The summed E-state index contributed by atoms with van der Waals surface area (Å²) in [4.78, 5) is 9.69. The maximum Gasteiger partial charge on any atom is 0.270 e. The summed E-state index contributed by atoms with van der Waals surface area (Å²) < 4.78 is 32.0. The van der Waals surface area contributed by atoms with Crippen molar-refractivity contribution in [2.24, 2.45) is 0 Å². The third-order valence-electron chi connectivity index (χ3n) is 2.72. The molecule has 0 aliphatic carbocycles. The first-order valence-electron chi connectivity index (χ1n) is 5.81. The van der Waals surface area contributed by atoms with Gasteiger partial charge < -0.3 is 4.42 Å². The van der Waals surface area contributed by atoms with Gasteiger partial charge in [-0.1, -0.05) is 11.6 Å². The summed E-state index contributed by atoms with van der Waals surface area (Å²) in [5.41, 5.74) is -0.356. The lowest BCUT2D eigenvalue weighted by Crippen LogP contribution is -2.27. The van der Waals surface area contributed by atoms with Crippen LogP contribution in [0.2, 0.25) is 5.02 Å². The molecule has 9 heteroatoms. The van der Waals surface area contributed by atoms with Gasteiger partial charge in [0.15, 0.2) is 0 Å². The maximum atomic E-state index is 12.3. The SMILES string of the molecule is CC(NS(=O)(=O)c1cc([N+](=O)[O-])ccc1Cl)c1ccco1. The Morgan fingerprint density at radius 1 is 1.38 bits per heavy atom. The second-order valence-corrected chi connectivity index (χ2v) is 6.32. The van der Waals surface area contributed by atoms with Crippen molar-refractivity contribution < 1.29 is 17.8 Å². The van der Waals surface area contributed by atoms with Gasteiger partial charge in [0.2, 0.25) is 10.0 Å². The highest BCUT2D eigenvalue weighted by Crippen LogP contribution is 2.27. The van der Waals surface area contributed by atoms with Crippen molar-refractivity contribution in [3.63, 3.8) is 0 Å². The molecule has 112 valence electrons. The predicted molar refractivity (Wildman–Crippen MR) is 75.6 cm³/mol. The number of nitrogens with zero attached hydrogens (tertiary/aromatic N) is 1. The van der Waals surface area contributed by atoms with Crippen LogP contribution in [0.3, 0.4) is 0 Å². The second kappa shape index (κ2) is 5.84. The summed E-state index contributed by atoms with van der Waals surface area (Å²) in [7, 11) is -4.02. The van der Waals surface area contributed by atoms with Crippen molar-refractivity contribution in [1.82, 2.24) is 4.72 Å². The lowest BCUT2D eigenvalue weighted by molar-refractivity contribution is -0.385. The molecule has 1 aromatic heterocycles. The number of hydrogen-bond donors (Lipinski definition) is 1. The van der Waals surface area contributed by atoms with E-state index < -0.39 is 21.0 Å². The van der Waals surface area contributed by atoms with Gasteiger partial charge in [0, 0.05) is 12.1 Å². The van der Waals surface area contributed by atoms with Crippen molar-refractivity contribution in [2.45, 2.75) is 17.9 Å². The summed E-state index contributed by atoms with van der Waals surface area (Å²) in [6.07, 6.45) is 1.42. The molecule has 0 radical (unpaired) electrons.